The number of carbonyl (C=O) groups is 2. The molecule has 0 aliphatic carbocycles. The van der Waals surface area contributed by atoms with E-state index in [1.165, 1.54) is 13.8 Å². The minimum absolute atomic E-state index is 0.0183. The molecule has 13 nitrogen and oxygen atoms in total. The van der Waals surface area contributed by atoms with Crippen molar-refractivity contribution in [1.29, 1.82) is 0 Å². The molecule has 0 saturated carbocycles. The molecule has 0 aromatic heterocycles. The zero-order valence-electron chi connectivity index (χ0n) is 33.9. The zero-order valence-corrected chi connectivity index (χ0v) is 33.9. The zero-order chi connectivity index (χ0) is 42.1. The average molecular weight is 827 g/mol. The van der Waals surface area contributed by atoms with Crippen molar-refractivity contribution in [2.24, 2.45) is 0 Å². The Morgan fingerprint density at radius 1 is 0.550 bits per heavy atom. The Morgan fingerprint density at radius 2 is 0.950 bits per heavy atom. The predicted octanol–water partition coefficient (Wildman–Crippen LogP) is 5.85. The molecule has 1 N–H and O–H groups in total. The van der Waals surface area contributed by atoms with Gasteiger partial charge >= 0.3 is 11.9 Å². The van der Waals surface area contributed by atoms with Gasteiger partial charge in [0, 0.05) is 13.8 Å². The smallest absolute Gasteiger partial charge is 0.303 e. The molecule has 2 aliphatic rings. The van der Waals surface area contributed by atoms with Crippen molar-refractivity contribution in [3.8, 4) is 0 Å². The lowest BCUT2D eigenvalue weighted by Gasteiger charge is -2.48. The maximum Gasteiger partial charge on any atom is 0.303 e. The van der Waals surface area contributed by atoms with E-state index in [-0.39, 0.29) is 46.2 Å². The highest BCUT2D eigenvalue weighted by Crippen LogP contribution is 2.35. The monoisotopic (exact) mass is 826 g/mol. The van der Waals surface area contributed by atoms with Gasteiger partial charge < -0.3 is 52.5 Å². The average Bonchev–Trinajstić information content (AvgIpc) is 3.26. The summed E-state index contributed by atoms with van der Waals surface area (Å²) in [6.07, 6.45) is -10.0. The van der Waals surface area contributed by atoms with Crippen molar-refractivity contribution in [3.05, 3.63) is 156 Å². The lowest BCUT2D eigenvalue weighted by Crippen LogP contribution is -2.66. The molecule has 4 aromatic carbocycles. The molecular weight excluding hydrogens is 773 g/mol. The Balaban J connectivity index is 1.29. The van der Waals surface area contributed by atoms with Crippen LogP contribution >= 0.6 is 0 Å². The topological polar surface area (TPSA) is 147 Å². The summed E-state index contributed by atoms with van der Waals surface area (Å²) >= 11 is 0. The van der Waals surface area contributed by atoms with Gasteiger partial charge in [-0.25, -0.2) is 0 Å². The molecule has 6 rings (SSSR count). The third-order valence-electron chi connectivity index (χ3n) is 9.84. The first-order valence-electron chi connectivity index (χ1n) is 20.0. The highest BCUT2D eigenvalue weighted by molar-refractivity contribution is 5.66. The standard InChI is InChI=1S/C47H54O13/c1-4-25-53-44-42(55-29-37-23-15-8-16-24-37)39(31-52-27-35-19-11-6-12-20-35)59-47(45(44)57-33(3)49)60-46-40(50)43(56-32(2)48)41(54-28-36-21-13-7-14-22-36)38(58-46)30-51-26-34-17-9-5-10-18-34/h4-24,38-47,50H,1,25-31H2,2-3H3/t38-,39-,40-,41-,42-,43-,44+,45-,46-,47+/m1/s1. The number of carbonyl (C=O) groups excluding carboxylic acids is 2. The molecule has 13 heteroatoms. The second-order valence-electron chi connectivity index (χ2n) is 14.5. The third-order valence-corrected chi connectivity index (χ3v) is 9.84. The van der Waals surface area contributed by atoms with Crippen LogP contribution in [0.5, 0.6) is 0 Å². The van der Waals surface area contributed by atoms with Crippen LogP contribution in [0, 0.1) is 0 Å². The minimum Gasteiger partial charge on any atom is -0.457 e. The number of aliphatic hydroxyl groups excluding tert-OH is 1. The normalized spacial score (nSPS) is 26.5. The number of rotatable bonds is 21. The largest absolute Gasteiger partial charge is 0.457 e. The summed E-state index contributed by atoms with van der Waals surface area (Å²) in [5.74, 6) is -1.30. The van der Waals surface area contributed by atoms with Crippen LogP contribution in [-0.4, -0.2) is 98.3 Å². The number of hydrogen-bond donors (Lipinski definition) is 1. The summed E-state index contributed by atoms with van der Waals surface area (Å²) in [7, 11) is 0. The molecule has 0 amide bonds. The van der Waals surface area contributed by atoms with Gasteiger partial charge in [-0.2, -0.15) is 0 Å². The summed E-state index contributed by atoms with van der Waals surface area (Å²) in [5, 5.41) is 12.0. The summed E-state index contributed by atoms with van der Waals surface area (Å²) in [4.78, 5) is 25.4. The quantitative estimate of drug-likeness (QED) is 0.0793. The molecule has 0 spiro atoms. The van der Waals surface area contributed by atoms with Crippen LogP contribution in [0.3, 0.4) is 0 Å². The first kappa shape index (κ1) is 44.7. The fourth-order valence-corrected chi connectivity index (χ4v) is 7.08. The van der Waals surface area contributed by atoms with E-state index in [9.17, 15) is 14.7 Å². The maximum atomic E-state index is 12.8. The van der Waals surface area contributed by atoms with Crippen LogP contribution in [0.25, 0.3) is 0 Å². The number of benzene rings is 4. The third kappa shape index (κ3) is 13.1. The van der Waals surface area contributed by atoms with Gasteiger partial charge in [-0.1, -0.05) is 127 Å². The van der Waals surface area contributed by atoms with Gasteiger partial charge in [0.2, 0.25) is 6.29 Å². The van der Waals surface area contributed by atoms with Crippen LogP contribution in [0.15, 0.2) is 134 Å². The molecule has 2 saturated heterocycles. The van der Waals surface area contributed by atoms with E-state index < -0.39 is 73.4 Å². The van der Waals surface area contributed by atoms with E-state index >= 15 is 0 Å². The van der Waals surface area contributed by atoms with Crippen LogP contribution in [-0.2, 0) is 83.4 Å². The molecule has 10 atom stereocenters. The Hall–Kier alpha value is -4.80. The van der Waals surface area contributed by atoms with E-state index in [1.54, 1.807) is 6.08 Å². The molecule has 0 unspecified atom stereocenters. The summed E-state index contributed by atoms with van der Waals surface area (Å²) < 4.78 is 62.8. The Bertz CT molecular complexity index is 1870. The molecule has 320 valence electrons. The van der Waals surface area contributed by atoms with Crippen molar-refractivity contribution in [3.63, 3.8) is 0 Å². The van der Waals surface area contributed by atoms with Crippen LogP contribution < -0.4 is 0 Å². The van der Waals surface area contributed by atoms with E-state index in [0.29, 0.717) is 0 Å². The molecule has 4 aromatic rings. The van der Waals surface area contributed by atoms with E-state index in [1.807, 2.05) is 121 Å². The van der Waals surface area contributed by atoms with E-state index in [4.69, 9.17) is 47.4 Å². The highest BCUT2D eigenvalue weighted by Gasteiger charge is 2.54. The van der Waals surface area contributed by atoms with E-state index in [2.05, 4.69) is 6.58 Å². The molecule has 2 fully saturated rings. The van der Waals surface area contributed by atoms with Crippen molar-refractivity contribution in [2.75, 3.05) is 19.8 Å². The maximum absolute atomic E-state index is 12.8. The molecule has 60 heavy (non-hydrogen) atoms. The van der Waals surface area contributed by atoms with Gasteiger partial charge in [0.1, 0.15) is 36.6 Å². The fourth-order valence-electron chi connectivity index (χ4n) is 7.08. The molecule has 0 bridgehead atoms. The van der Waals surface area contributed by atoms with Crippen LogP contribution in [0.1, 0.15) is 36.1 Å². The van der Waals surface area contributed by atoms with Crippen molar-refractivity contribution in [1.82, 2.24) is 0 Å². The van der Waals surface area contributed by atoms with Gasteiger partial charge in [0.05, 0.1) is 46.2 Å². The number of hydrogen-bond acceptors (Lipinski definition) is 13. The Labute approximate surface area is 351 Å². The molecular formula is C47H54O13. The summed E-state index contributed by atoms with van der Waals surface area (Å²) in [6.45, 7) is 7.19. The first-order valence-corrected chi connectivity index (χ1v) is 20.0. The second kappa shape index (κ2) is 23.3. The van der Waals surface area contributed by atoms with Crippen molar-refractivity contribution >= 4 is 11.9 Å². The highest BCUT2D eigenvalue weighted by atomic mass is 16.8. The van der Waals surface area contributed by atoms with E-state index in [0.717, 1.165) is 22.3 Å². The van der Waals surface area contributed by atoms with Gasteiger partial charge in [-0.05, 0) is 22.3 Å². The van der Waals surface area contributed by atoms with Crippen LogP contribution in [0.4, 0.5) is 0 Å². The summed E-state index contributed by atoms with van der Waals surface area (Å²) in [5.41, 5.74) is 3.62. The number of aliphatic hydroxyl groups is 1. The van der Waals surface area contributed by atoms with Gasteiger partial charge in [0.25, 0.3) is 0 Å². The molecule has 2 heterocycles. The molecule has 0 radical (unpaired) electrons. The SMILES string of the molecule is C=CCO[C@@H]1[C@@H](OC(C)=O)[C@H](O[C@H]2O[C@H](COCc3ccccc3)[C@@H](OCc3ccccc3)[C@H](OC(C)=O)[C@H]2O)O[C@H](COCc2ccccc2)[C@H]1OCc1ccccc1. The van der Waals surface area contributed by atoms with Crippen LogP contribution in [0.2, 0.25) is 0 Å². The Kier molecular flexibility index (Phi) is 17.4. The first-order chi connectivity index (χ1) is 29.3. The predicted molar refractivity (Wildman–Crippen MR) is 218 cm³/mol. The number of ether oxygens (including phenoxy) is 10. The fraction of sp³-hybridized carbons (Fsp3) is 0.404. The van der Waals surface area contributed by atoms with Crippen molar-refractivity contribution < 1.29 is 62.1 Å². The second-order valence-corrected chi connectivity index (χ2v) is 14.5. The van der Waals surface area contributed by atoms with Gasteiger partial charge in [-0.15, -0.1) is 6.58 Å². The van der Waals surface area contributed by atoms with Gasteiger partial charge in [-0.3, -0.25) is 9.59 Å². The van der Waals surface area contributed by atoms with Crippen molar-refractivity contribution in [2.45, 2.75) is 102 Å². The minimum atomic E-state index is -1.60. The number of esters is 2. The molecule has 2 aliphatic heterocycles. The lowest BCUT2D eigenvalue weighted by molar-refractivity contribution is -0.384. The lowest BCUT2D eigenvalue weighted by atomic mass is 9.97. The summed E-state index contributed by atoms with van der Waals surface area (Å²) in [6, 6.07) is 38.3. The Morgan fingerprint density at radius 3 is 1.38 bits per heavy atom. The van der Waals surface area contributed by atoms with Gasteiger partial charge in [0.15, 0.2) is 18.5 Å².